The van der Waals surface area contributed by atoms with E-state index in [2.05, 4.69) is 15.9 Å². The molecule has 0 bridgehead atoms. The molecule has 0 heterocycles. The minimum absolute atomic E-state index is 0.102. The van der Waals surface area contributed by atoms with Gasteiger partial charge in [-0.25, -0.2) is 9.18 Å². The second kappa shape index (κ2) is 6.44. The molecule has 0 saturated carbocycles. The predicted octanol–water partition coefficient (Wildman–Crippen LogP) is 3.12. The fraction of sp³-hybridized carbons (Fsp3) is 0.231. The van der Waals surface area contributed by atoms with Gasteiger partial charge in [0.2, 0.25) is 0 Å². The average Bonchev–Trinajstić information content (AvgIpc) is 2.24. The summed E-state index contributed by atoms with van der Waals surface area (Å²) in [5.41, 5.74) is 0.314. The molecule has 0 spiro atoms. The number of hydrogen-bond donors (Lipinski definition) is 0. The molecule has 96 valence electrons. The summed E-state index contributed by atoms with van der Waals surface area (Å²) >= 11 is 3.14. The van der Waals surface area contributed by atoms with E-state index in [1.54, 1.807) is 13.0 Å². The first-order valence-electron chi connectivity index (χ1n) is 5.30. The van der Waals surface area contributed by atoms with Crippen LogP contribution >= 0.6 is 15.9 Å². The lowest BCUT2D eigenvalue weighted by Gasteiger charge is -2.04. The van der Waals surface area contributed by atoms with Crippen LogP contribution in [0.15, 0.2) is 28.2 Å². The van der Waals surface area contributed by atoms with Gasteiger partial charge in [0.15, 0.2) is 5.78 Å². The number of esters is 1. The molecule has 0 saturated heterocycles. The summed E-state index contributed by atoms with van der Waals surface area (Å²) in [6, 6.07) is 4.12. The minimum atomic E-state index is -0.703. The van der Waals surface area contributed by atoms with Crippen molar-refractivity contribution < 1.29 is 18.7 Å². The highest BCUT2D eigenvalue weighted by Gasteiger charge is 2.15. The lowest BCUT2D eigenvalue weighted by molar-refractivity contribution is -0.139. The number of Topliss-reactive ketones (excluding diaryl/α,β-unsaturated/α-hetero) is 1. The highest BCUT2D eigenvalue weighted by Crippen LogP contribution is 2.18. The van der Waals surface area contributed by atoms with Gasteiger partial charge in [0.25, 0.3) is 0 Å². The van der Waals surface area contributed by atoms with E-state index in [1.165, 1.54) is 25.1 Å². The van der Waals surface area contributed by atoms with Crippen molar-refractivity contribution >= 4 is 33.8 Å². The van der Waals surface area contributed by atoms with Gasteiger partial charge in [0.1, 0.15) is 11.4 Å². The summed E-state index contributed by atoms with van der Waals surface area (Å²) < 4.78 is 18.5. The van der Waals surface area contributed by atoms with Gasteiger partial charge >= 0.3 is 5.97 Å². The molecule has 5 heteroatoms. The Labute approximate surface area is 113 Å². The smallest absolute Gasteiger partial charge is 0.341 e. The van der Waals surface area contributed by atoms with Crippen molar-refractivity contribution in [3.05, 3.63) is 39.6 Å². The molecule has 0 atom stereocenters. The molecule has 0 fully saturated rings. The average molecular weight is 315 g/mol. The fourth-order valence-corrected chi connectivity index (χ4v) is 1.82. The van der Waals surface area contributed by atoms with E-state index in [9.17, 15) is 14.0 Å². The Hall–Kier alpha value is -1.49. The largest absolute Gasteiger partial charge is 0.462 e. The Morgan fingerprint density at radius 1 is 1.39 bits per heavy atom. The monoisotopic (exact) mass is 314 g/mol. The molecule has 18 heavy (non-hydrogen) atoms. The number of carbonyl (C=O) groups excluding carboxylic acids is 2. The zero-order chi connectivity index (χ0) is 13.7. The van der Waals surface area contributed by atoms with Crippen LogP contribution in [-0.2, 0) is 14.3 Å². The lowest BCUT2D eigenvalue weighted by Crippen LogP contribution is -2.13. The Kier molecular flexibility index (Phi) is 5.22. The van der Waals surface area contributed by atoms with E-state index in [0.717, 1.165) is 0 Å². The molecule has 0 aromatic heterocycles. The van der Waals surface area contributed by atoms with Gasteiger partial charge in [0.05, 0.1) is 6.61 Å². The van der Waals surface area contributed by atoms with Gasteiger partial charge < -0.3 is 4.74 Å². The lowest BCUT2D eigenvalue weighted by atomic mass is 10.1. The van der Waals surface area contributed by atoms with Crippen LogP contribution in [0, 0.1) is 5.82 Å². The second-order valence-electron chi connectivity index (χ2n) is 3.54. The van der Waals surface area contributed by atoms with Gasteiger partial charge in [-0.3, -0.25) is 4.79 Å². The maximum absolute atomic E-state index is 13.2. The third kappa shape index (κ3) is 4.07. The van der Waals surface area contributed by atoms with Gasteiger partial charge in [-0.1, -0.05) is 15.9 Å². The van der Waals surface area contributed by atoms with E-state index < -0.39 is 17.6 Å². The molecule has 3 nitrogen and oxygen atoms in total. The van der Waals surface area contributed by atoms with Crippen LogP contribution in [0.4, 0.5) is 4.39 Å². The van der Waals surface area contributed by atoms with Crippen LogP contribution < -0.4 is 0 Å². The fourth-order valence-electron chi connectivity index (χ4n) is 1.34. The van der Waals surface area contributed by atoms with Crippen LogP contribution in [0.25, 0.3) is 6.08 Å². The van der Waals surface area contributed by atoms with Gasteiger partial charge in [-0.15, -0.1) is 0 Å². The Morgan fingerprint density at radius 2 is 2.06 bits per heavy atom. The van der Waals surface area contributed by atoms with E-state index in [4.69, 9.17) is 4.74 Å². The highest BCUT2D eigenvalue weighted by molar-refractivity contribution is 9.10. The Morgan fingerprint density at radius 3 is 2.56 bits per heavy atom. The molecule has 0 aliphatic rings. The number of benzene rings is 1. The summed E-state index contributed by atoms with van der Waals surface area (Å²) in [6.07, 6.45) is 1.31. The first-order chi connectivity index (χ1) is 8.43. The number of carbonyl (C=O) groups is 2. The summed E-state index contributed by atoms with van der Waals surface area (Å²) in [5, 5.41) is 0. The van der Waals surface area contributed by atoms with E-state index in [1.807, 2.05) is 0 Å². The van der Waals surface area contributed by atoms with Crippen LogP contribution in [0.1, 0.15) is 19.4 Å². The molecular weight excluding hydrogens is 303 g/mol. The third-order valence-electron chi connectivity index (χ3n) is 2.07. The molecule has 0 unspecified atom stereocenters. The van der Waals surface area contributed by atoms with Crippen molar-refractivity contribution in [2.75, 3.05) is 6.61 Å². The van der Waals surface area contributed by atoms with Crippen molar-refractivity contribution in [2.45, 2.75) is 13.8 Å². The Balaban J connectivity index is 3.16. The van der Waals surface area contributed by atoms with Crippen LogP contribution in [-0.4, -0.2) is 18.4 Å². The van der Waals surface area contributed by atoms with E-state index in [0.29, 0.717) is 10.0 Å². The number of halogens is 2. The first-order valence-corrected chi connectivity index (χ1v) is 6.09. The van der Waals surface area contributed by atoms with Gasteiger partial charge in [-0.05, 0) is 43.7 Å². The van der Waals surface area contributed by atoms with E-state index >= 15 is 0 Å². The molecule has 0 radical (unpaired) electrons. The number of hydrogen-bond acceptors (Lipinski definition) is 3. The van der Waals surface area contributed by atoms with Crippen molar-refractivity contribution in [1.29, 1.82) is 0 Å². The van der Waals surface area contributed by atoms with Crippen molar-refractivity contribution in [3.63, 3.8) is 0 Å². The van der Waals surface area contributed by atoms with E-state index in [-0.39, 0.29) is 12.2 Å². The molecular formula is C13H12BrFO3. The first kappa shape index (κ1) is 14.6. The second-order valence-corrected chi connectivity index (χ2v) is 4.45. The third-order valence-corrected chi connectivity index (χ3v) is 2.53. The van der Waals surface area contributed by atoms with Crippen LogP contribution in [0.2, 0.25) is 0 Å². The van der Waals surface area contributed by atoms with Crippen molar-refractivity contribution in [1.82, 2.24) is 0 Å². The molecule has 1 rings (SSSR count). The standard InChI is InChI=1S/C13H12BrFO3/c1-3-18-13(17)12(8(2)16)6-9-4-10(14)7-11(15)5-9/h4-7H,3H2,1-2H3/b12-6+. The van der Waals surface area contributed by atoms with Gasteiger partial charge in [-0.2, -0.15) is 0 Å². The number of rotatable bonds is 4. The molecule has 1 aromatic carbocycles. The maximum atomic E-state index is 13.2. The zero-order valence-electron chi connectivity index (χ0n) is 10.00. The summed E-state index contributed by atoms with van der Waals surface area (Å²) in [5.74, 6) is -1.58. The molecule has 0 aliphatic heterocycles. The highest BCUT2D eigenvalue weighted by atomic mass is 79.9. The summed E-state index contributed by atoms with van der Waals surface area (Å²) in [6.45, 7) is 3.09. The number of ether oxygens (including phenoxy) is 1. The van der Waals surface area contributed by atoms with Crippen LogP contribution in [0.5, 0.6) is 0 Å². The quantitative estimate of drug-likeness (QED) is 0.371. The number of ketones is 1. The SMILES string of the molecule is CCOC(=O)/C(=C/c1cc(F)cc(Br)c1)C(C)=O. The van der Waals surface area contributed by atoms with Crippen molar-refractivity contribution in [3.8, 4) is 0 Å². The molecule has 0 amide bonds. The summed E-state index contributed by atoms with van der Waals surface area (Å²) in [7, 11) is 0. The predicted molar refractivity (Wildman–Crippen MR) is 69.4 cm³/mol. The zero-order valence-corrected chi connectivity index (χ0v) is 11.6. The molecule has 0 aliphatic carbocycles. The molecule has 0 N–H and O–H groups in total. The minimum Gasteiger partial charge on any atom is -0.462 e. The topological polar surface area (TPSA) is 43.4 Å². The molecule has 1 aromatic rings. The maximum Gasteiger partial charge on any atom is 0.341 e. The summed E-state index contributed by atoms with van der Waals surface area (Å²) in [4.78, 5) is 22.9. The van der Waals surface area contributed by atoms with Crippen LogP contribution in [0.3, 0.4) is 0 Å². The van der Waals surface area contributed by atoms with Crippen molar-refractivity contribution in [2.24, 2.45) is 0 Å². The Bertz CT molecular complexity index is 489. The van der Waals surface area contributed by atoms with Gasteiger partial charge in [0, 0.05) is 4.47 Å². The normalized spacial score (nSPS) is 11.2.